The highest BCUT2D eigenvalue weighted by Gasteiger charge is 2.50. The Kier molecular flexibility index (Phi) is 3.50. The summed E-state index contributed by atoms with van der Waals surface area (Å²) < 4.78 is 26.7. The number of nitrogens with zero attached hydrogens (tertiary/aromatic N) is 1. The van der Waals surface area contributed by atoms with Crippen LogP contribution in [-0.4, -0.2) is 33.1 Å². The normalized spacial score (nSPS) is 21.4. The molecule has 0 atom stereocenters. The second-order valence-electron chi connectivity index (χ2n) is 6.63. The van der Waals surface area contributed by atoms with Crippen LogP contribution < -0.4 is 15.4 Å². The molecule has 116 valence electrons. The van der Waals surface area contributed by atoms with E-state index in [-0.39, 0.29) is 11.6 Å². The van der Waals surface area contributed by atoms with Crippen LogP contribution in [-0.2, 0) is 10.0 Å². The second kappa shape index (κ2) is 4.97. The molecule has 1 aromatic rings. The molecule has 1 heterocycles. The van der Waals surface area contributed by atoms with Crippen molar-refractivity contribution in [1.82, 2.24) is 4.72 Å². The Hall–Kier alpha value is -1.11. The van der Waals surface area contributed by atoms with Crippen LogP contribution in [0.5, 0.6) is 0 Å². The lowest BCUT2D eigenvalue weighted by Crippen LogP contribution is -2.69. The maximum Gasteiger partial charge on any atom is 0.240 e. The molecule has 21 heavy (non-hydrogen) atoms. The predicted molar refractivity (Wildman–Crippen MR) is 83.8 cm³/mol. The maximum absolute atomic E-state index is 12.1. The van der Waals surface area contributed by atoms with E-state index in [0.717, 1.165) is 18.8 Å². The summed E-state index contributed by atoms with van der Waals surface area (Å²) in [6.07, 6.45) is 2.50. The molecule has 0 aromatic heterocycles. The van der Waals surface area contributed by atoms with E-state index in [0.29, 0.717) is 10.8 Å². The highest BCUT2D eigenvalue weighted by molar-refractivity contribution is 7.89. The molecule has 1 aromatic carbocycles. The largest absolute Gasteiger partial charge is 0.368 e. The van der Waals surface area contributed by atoms with Crippen molar-refractivity contribution < 1.29 is 8.42 Å². The number of benzene rings is 1. The predicted octanol–water partition coefficient (Wildman–Crippen LogP) is 1.30. The first-order valence-corrected chi connectivity index (χ1v) is 8.95. The fraction of sp³-hybridized carbons (Fsp3) is 0.600. The van der Waals surface area contributed by atoms with Gasteiger partial charge in [-0.1, -0.05) is 0 Å². The van der Waals surface area contributed by atoms with Crippen molar-refractivity contribution in [2.75, 3.05) is 18.0 Å². The topological polar surface area (TPSA) is 75.4 Å². The molecule has 3 N–H and O–H groups in total. The Bertz CT molecular complexity index is 615. The first kappa shape index (κ1) is 14.8. The van der Waals surface area contributed by atoms with E-state index in [1.165, 1.54) is 12.8 Å². The summed E-state index contributed by atoms with van der Waals surface area (Å²) in [4.78, 5) is 2.52. The third kappa shape index (κ3) is 2.93. The van der Waals surface area contributed by atoms with Crippen LogP contribution in [0.15, 0.2) is 29.2 Å². The quantitative estimate of drug-likeness (QED) is 0.860. The van der Waals surface area contributed by atoms with Gasteiger partial charge in [0.15, 0.2) is 0 Å². The smallest absolute Gasteiger partial charge is 0.240 e. The molecule has 1 saturated heterocycles. The first-order chi connectivity index (χ1) is 9.80. The number of rotatable bonds is 5. The van der Waals surface area contributed by atoms with E-state index in [4.69, 9.17) is 5.73 Å². The number of anilines is 1. The molecule has 1 saturated carbocycles. The molecule has 0 amide bonds. The van der Waals surface area contributed by atoms with E-state index in [9.17, 15) is 8.42 Å². The van der Waals surface area contributed by atoms with Gasteiger partial charge in [0.05, 0.1) is 10.4 Å². The van der Waals surface area contributed by atoms with Gasteiger partial charge in [-0.2, -0.15) is 0 Å². The van der Waals surface area contributed by atoms with Gasteiger partial charge in [0.25, 0.3) is 0 Å². The van der Waals surface area contributed by atoms with Crippen molar-refractivity contribution >= 4 is 15.7 Å². The average Bonchev–Trinajstić information content (AvgIpc) is 3.18. The third-order valence-electron chi connectivity index (χ3n) is 4.26. The minimum absolute atomic E-state index is 0.0239. The Morgan fingerprint density at radius 1 is 1.24 bits per heavy atom. The number of sulfonamides is 1. The zero-order valence-electron chi connectivity index (χ0n) is 12.5. The van der Waals surface area contributed by atoms with E-state index in [2.05, 4.69) is 9.62 Å². The average molecular weight is 309 g/mol. The lowest BCUT2D eigenvalue weighted by molar-refractivity contribution is 0.291. The molecular formula is C15H23N3O2S. The molecule has 0 bridgehead atoms. The summed E-state index contributed by atoms with van der Waals surface area (Å²) in [5.41, 5.74) is 7.36. The molecule has 1 aliphatic carbocycles. The Balaban J connectivity index is 1.68. The summed E-state index contributed by atoms with van der Waals surface area (Å²) >= 11 is 0. The first-order valence-electron chi connectivity index (χ1n) is 7.46. The molecule has 5 nitrogen and oxygen atoms in total. The van der Waals surface area contributed by atoms with Crippen molar-refractivity contribution in [2.24, 2.45) is 11.7 Å². The Morgan fingerprint density at radius 2 is 1.81 bits per heavy atom. The van der Waals surface area contributed by atoms with Gasteiger partial charge in [0.2, 0.25) is 10.0 Å². The van der Waals surface area contributed by atoms with Crippen LogP contribution in [0.1, 0.15) is 26.7 Å². The molecule has 2 fully saturated rings. The summed E-state index contributed by atoms with van der Waals surface area (Å²) in [7, 11) is -3.41. The van der Waals surface area contributed by atoms with Crippen LogP contribution in [0.25, 0.3) is 0 Å². The fourth-order valence-electron chi connectivity index (χ4n) is 2.98. The van der Waals surface area contributed by atoms with Gasteiger partial charge in [-0.15, -0.1) is 0 Å². The van der Waals surface area contributed by atoms with Crippen molar-refractivity contribution in [1.29, 1.82) is 0 Å². The van der Waals surface area contributed by atoms with Gasteiger partial charge in [-0.25, -0.2) is 13.1 Å². The molecule has 0 spiro atoms. The van der Waals surface area contributed by atoms with Gasteiger partial charge in [0.1, 0.15) is 0 Å². The molecule has 0 radical (unpaired) electrons. The summed E-state index contributed by atoms with van der Waals surface area (Å²) in [6, 6.07) is 6.94. The van der Waals surface area contributed by atoms with Gasteiger partial charge in [0, 0.05) is 24.8 Å². The van der Waals surface area contributed by atoms with Gasteiger partial charge in [-0.05, 0) is 56.9 Å². The third-order valence-corrected chi connectivity index (χ3v) is 5.94. The van der Waals surface area contributed by atoms with E-state index < -0.39 is 10.0 Å². The minimum atomic E-state index is -3.41. The van der Waals surface area contributed by atoms with Gasteiger partial charge >= 0.3 is 0 Å². The molecular weight excluding hydrogens is 286 g/mol. The minimum Gasteiger partial charge on any atom is -0.368 e. The zero-order chi connectivity index (χ0) is 15.3. The van der Waals surface area contributed by atoms with Crippen LogP contribution in [0.4, 0.5) is 5.69 Å². The second-order valence-corrected chi connectivity index (χ2v) is 8.35. The van der Waals surface area contributed by atoms with Crippen LogP contribution in [0.2, 0.25) is 0 Å². The zero-order valence-corrected chi connectivity index (χ0v) is 13.4. The number of hydrogen-bond donors (Lipinski definition) is 2. The van der Waals surface area contributed by atoms with E-state index >= 15 is 0 Å². The van der Waals surface area contributed by atoms with Gasteiger partial charge in [-0.3, -0.25) is 0 Å². The number of hydrogen-bond acceptors (Lipinski definition) is 4. The number of nitrogens with one attached hydrogen (secondary N) is 1. The van der Waals surface area contributed by atoms with Crippen LogP contribution >= 0.6 is 0 Å². The fourth-order valence-corrected chi connectivity index (χ4v) is 4.23. The van der Waals surface area contributed by atoms with Crippen molar-refractivity contribution in [3.63, 3.8) is 0 Å². The molecule has 1 aliphatic heterocycles. The molecule has 3 rings (SSSR count). The van der Waals surface area contributed by atoms with E-state index in [1.54, 1.807) is 12.1 Å². The lowest BCUT2D eigenvalue weighted by Gasteiger charge is -2.49. The van der Waals surface area contributed by atoms with Crippen molar-refractivity contribution in [2.45, 2.75) is 43.2 Å². The molecule has 2 aliphatic rings. The summed E-state index contributed by atoms with van der Waals surface area (Å²) in [6.45, 7) is 5.36. The lowest BCUT2D eigenvalue weighted by atomic mass is 9.85. The van der Waals surface area contributed by atoms with Crippen molar-refractivity contribution in [3.8, 4) is 0 Å². The standard InChI is InChI=1S/C15H23N3O2S/c1-11(2)17-21(19,20)14-7-5-13(6-8-14)18-9-15(16,10-18)12-3-4-12/h5-8,11-12,17H,3-4,9-10,16H2,1-2H3. The SMILES string of the molecule is CC(C)NS(=O)(=O)c1ccc(N2CC(N)(C3CC3)C2)cc1. The Labute approximate surface area is 126 Å². The Morgan fingerprint density at radius 3 is 2.29 bits per heavy atom. The number of nitrogens with two attached hydrogens (primary N) is 1. The highest BCUT2D eigenvalue weighted by Crippen LogP contribution is 2.44. The highest BCUT2D eigenvalue weighted by atomic mass is 32.2. The summed E-state index contributed by atoms with van der Waals surface area (Å²) in [5.74, 6) is 0.684. The summed E-state index contributed by atoms with van der Waals surface area (Å²) in [5, 5.41) is 0. The van der Waals surface area contributed by atoms with Crippen LogP contribution in [0, 0.1) is 5.92 Å². The van der Waals surface area contributed by atoms with Gasteiger partial charge < -0.3 is 10.6 Å². The van der Waals surface area contributed by atoms with E-state index in [1.807, 2.05) is 26.0 Å². The van der Waals surface area contributed by atoms with Crippen LogP contribution in [0.3, 0.4) is 0 Å². The molecule has 6 heteroatoms. The van der Waals surface area contributed by atoms with Crippen molar-refractivity contribution in [3.05, 3.63) is 24.3 Å². The molecule has 0 unspecified atom stereocenters. The maximum atomic E-state index is 12.1. The monoisotopic (exact) mass is 309 g/mol.